The van der Waals surface area contributed by atoms with Crippen molar-refractivity contribution in [3.8, 4) is 0 Å². The van der Waals surface area contributed by atoms with Crippen LogP contribution in [0.4, 0.5) is 5.69 Å². The molecule has 0 aromatic heterocycles. The highest BCUT2D eigenvalue weighted by atomic mass is 35.5. The molecule has 0 fully saturated rings. The lowest BCUT2D eigenvalue weighted by molar-refractivity contribution is -0.118. The van der Waals surface area contributed by atoms with E-state index in [2.05, 4.69) is 6.92 Å². The molecule has 1 atom stereocenters. The van der Waals surface area contributed by atoms with Gasteiger partial charge in [0.1, 0.15) is 5.38 Å². The van der Waals surface area contributed by atoms with E-state index in [1.807, 2.05) is 31.2 Å². The molecule has 0 aliphatic heterocycles. The number of benzene rings is 1. The number of halogens is 1. The molecule has 0 aliphatic carbocycles. The van der Waals surface area contributed by atoms with E-state index in [-0.39, 0.29) is 5.91 Å². The lowest BCUT2D eigenvalue weighted by atomic mass is 10.1. The number of alkyl halides is 1. The summed E-state index contributed by atoms with van der Waals surface area (Å²) in [5.41, 5.74) is 2.08. The molecule has 0 N–H and O–H groups in total. The summed E-state index contributed by atoms with van der Waals surface area (Å²) in [6, 6.07) is 7.93. The molecule has 3 nitrogen and oxygen atoms in total. The number of carbonyl (C=O) groups excluding carboxylic acids is 1. The van der Waals surface area contributed by atoms with E-state index in [1.54, 1.807) is 12.0 Å². The molecule has 0 heterocycles. The first-order valence-electron chi connectivity index (χ1n) is 6.67. The third-order valence-corrected chi connectivity index (χ3v) is 3.57. The Morgan fingerprint density at radius 1 is 1.37 bits per heavy atom. The zero-order valence-electron chi connectivity index (χ0n) is 11.9. The quantitative estimate of drug-likeness (QED) is 0.719. The Balaban J connectivity index is 3.05. The first-order valence-corrected chi connectivity index (χ1v) is 7.11. The minimum Gasteiger partial charge on any atom is -0.383 e. The standard InChI is InChI=1S/C15H22ClNO2/c1-4-12-8-6-7-9-14(12)17(10-11-19-3)15(18)13(16)5-2/h6-9,13H,4-5,10-11H2,1-3H3. The number of ether oxygens (including phenoxy) is 1. The third kappa shape index (κ3) is 4.22. The molecule has 1 amide bonds. The average molecular weight is 284 g/mol. The van der Waals surface area contributed by atoms with Gasteiger partial charge in [-0.1, -0.05) is 32.0 Å². The van der Waals surface area contributed by atoms with E-state index in [4.69, 9.17) is 16.3 Å². The van der Waals surface area contributed by atoms with Gasteiger partial charge in [0, 0.05) is 19.3 Å². The molecule has 1 rings (SSSR count). The number of anilines is 1. The Bertz CT molecular complexity index is 409. The first-order chi connectivity index (χ1) is 9.15. The first kappa shape index (κ1) is 16.0. The number of methoxy groups -OCH3 is 1. The normalized spacial score (nSPS) is 12.2. The summed E-state index contributed by atoms with van der Waals surface area (Å²) in [7, 11) is 1.63. The molecular weight excluding hydrogens is 262 g/mol. The van der Waals surface area contributed by atoms with Crippen molar-refractivity contribution in [3.05, 3.63) is 29.8 Å². The van der Waals surface area contributed by atoms with Gasteiger partial charge < -0.3 is 9.64 Å². The summed E-state index contributed by atoms with van der Waals surface area (Å²) in [6.07, 6.45) is 1.50. The van der Waals surface area contributed by atoms with Crippen LogP contribution in [-0.2, 0) is 16.0 Å². The number of amides is 1. The van der Waals surface area contributed by atoms with Crippen LogP contribution < -0.4 is 4.90 Å². The van der Waals surface area contributed by atoms with Gasteiger partial charge in [0.25, 0.3) is 0 Å². The smallest absolute Gasteiger partial charge is 0.245 e. The van der Waals surface area contributed by atoms with Crippen LogP contribution in [0.1, 0.15) is 25.8 Å². The number of para-hydroxylation sites is 1. The largest absolute Gasteiger partial charge is 0.383 e. The summed E-state index contributed by atoms with van der Waals surface area (Å²) in [4.78, 5) is 14.1. The van der Waals surface area contributed by atoms with Gasteiger partial charge in [0.05, 0.1) is 6.61 Å². The Morgan fingerprint density at radius 3 is 2.63 bits per heavy atom. The topological polar surface area (TPSA) is 29.5 Å². The van der Waals surface area contributed by atoms with E-state index in [0.29, 0.717) is 19.6 Å². The monoisotopic (exact) mass is 283 g/mol. The number of carbonyl (C=O) groups is 1. The average Bonchev–Trinajstić information content (AvgIpc) is 2.46. The predicted octanol–water partition coefficient (Wildman–Crippen LogP) is 3.25. The second-order valence-electron chi connectivity index (χ2n) is 4.34. The summed E-state index contributed by atoms with van der Waals surface area (Å²) in [5, 5.41) is -0.484. The Labute approximate surface area is 120 Å². The highest BCUT2D eigenvalue weighted by Gasteiger charge is 2.23. The van der Waals surface area contributed by atoms with Crippen LogP contribution >= 0.6 is 11.6 Å². The molecule has 0 radical (unpaired) electrons. The number of hydrogen-bond acceptors (Lipinski definition) is 2. The highest BCUT2D eigenvalue weighted by Crippen LogP contribution is 2.23. The molecule has 19 heavy (non-hydrogen) atoms. The second kappa shape index (κ2) is 8.18. The molecule has 0 saturated heterocycles. The lowest BCUT2D eigenvalue weighted by Crippen LogP contribution is -2.39. The van der Waals surface area contributed by atoms with E-state index >= 15 is 0 Å². The molecule has 0 saturated carbocycles. The van der Waals surface area contributed by atoms with Crippen molar-refractivity contribution in [2.45, 2.75) is 32.1 Å². The van der Waals surface area contributed by atoms with Gasteiger partial charge in [0.2, 0.25) is 5.91 Å². The van der Waals surface area contributed by atoms with Gasteiger partial charge in [-0.2, -0.15) is 0 Å². The number of rotatable bonds is 7. The highest BCUT2D eigenvalue weighted by molar-refractivity contribution is 6.32. The van der Waals surface area contributed by atoms with Gasteiger partial charge in [-0.15, -0.1) is 11.6 Å². The van der Waals surface area contributed by atoms with Crippen molar-refractivity contribution >= 4 is 23.2 Å². The van der Waals surface area contributed by atoms with E-state index < -0.39 is 5.38 Å². The van der Waals surface area contributed by atoms with Crippen LogP contribution in [0.15, 0.2) is 24.3 Å². The molecule has 4 heteroatoms. The minimum absolute atomic E-state index is 0.0536. The molecule has 1 aromatic rings. The molecule has 0 bridgehead atoms. The van der Waals surface area contributed by atoms with Crippen LogP contribution in [0.25, 0.3) is 0 Å². The van der Waals surface area contributed by atoms with Crippen molar-refractivity contribution in [1.29, 1.82) is 0 Å². The number of nitrogens with zero attached hydrogens (tertiary/aromatic N) is 1. The zero-order chi connectivity index (χ0) is 14.3. The van der Waals surface area contributed by atoms with Crippen LogP contribution in [0.5, 0.6) is 0 Å². The maximum absolute atomic E-state index is 12.4. The van der Waals surface area contributed by atoms with Crippen molar-refractivity contribution in [3.63, 3.8) is 0 Å². The van der Waals surface area contributed by atoms with Crippen LogP contribution in [0.3, 0.4) is 0 Å². The van der Waals surface area contributed by atoms with Gasteiger partial charge in [0.15, 0.2) is 0 Å². The predicted molar refractivity (Wildman–Crippen MR) is 80.0 cm³/mol. The maximum atomic E-state index is 12.4. The van der Waals surface area contributed by atoms with Gasteiger partial charge in [-0.3, -0.25) is 4.79 Å². The van der Waals surface area contributed by atoms with Crippen molar-refractivity contribution in [1.82, 2.24) is 0 Å². The minimum atomic E-state index is -0.484. The number of aryl methyl sites for hydroxylation is 1. The Hall–Kier alpha value is -1.06. The van der Waals surface area contributed by atoms with Gasteiger partial charge in [-0.05, 0) is 24.5 Å². The molecule has 0 aliphatic rings. The Morgan fingerprint density at radius 2 is 2.05 bits per heavy atom. The van der Waals surface area contributed by atoms with E-state index in [9.17, 15) is 4.79 Å². The van der Waals surface area contributed by atoms with E-state index in [1.165, 1.54) is 0 Å². The number of hydrogen-bond donors (Lipinski definition) is 0. The van der Waals surface area contributed by atoms with Crippen LogP contribution in [0, 0.1) is 0 Å². The molecule has 106 valence electrons. The third-order valence-electron chi connectivity index (χ3n) is 3.07. The maximum Gasteiger partial charge on any atom is 0.245 e. The summed E-state index contributed by atoms with van der Waals surface area (Å²) >= 11 is 6.10. The fourth-order valence-corrected chi connectivity index (χ4v) is 2.07. The van der Waals surface area contributed by atoms with Crippen molar-refractivity contribution in [2.24, 2.45) is 0 Å². The fourth-order valence-electron chi connectivity index (χ4n) is 1.95. The van der Waals surface area contributed by atoms with Crippen molar-refractivity contribution < 1.29 is 9.53 Å². The van der Waals surface area contributed by atoms with Gasteiger partial charge >= 0.3 is 0 Å². The van der Waals surface area contributed by atoms with Crippen LogP contribution in [-0.4, -0.2) is 31.5 Å². The van der Waals surface area contributed by atoms with Gasteiger partial charge in [-0.25, -0.2) is 0 Å². The summed E-state index contributed by atoms with van der Waals surface area (Å²) in [5.74, 6) is -0.0536. The Kier molecular flexibility index (Phi) is 6.89. The van der Waals surface area contributed by atoms with E-state index in [0.717, 1.165) is 17.7 Å². The van der Waals surface area contributed by atoms with Crippen molar-refractivity contribution in [2.75, 3.05) is 25.2 Å². The molecule has 0 spiro atoms. The fraction of sp³-hybridized carbons (Fsp3) is 0.533. The summed E-state index contributed by atoms with van der Waals surface area (Å²) in [6.45, 7) is 5.01. The zero-order valence-corrected chi connectivity index (χ0v) is 12.6. The molecule has 1 aromatic carbocycles. The van der Waals surface area contributed by atoms with Crippen LogP contribution in [0.2, 0.25) is 0 Å². The second-order valence-corrected chi connectivity index (χ2v) is 4.87. The lowest BCUT2D eigenvalue weighted by Gasteiger charge is -2.26. The SMILES string of the molecule is CCc1ccccc1N(CCOC)C(=O)C(Cl)CC. The summed E-state index contributed by atoms with van der Waals surface area (Å²) < 4.78 is 5.09. The molecular formula is C15H22ClNO2. The molecule has 1 unspecified atom stereocenters.